The third kappa shape index (κ3) is 5.27. The second-order valence-corrected chi connectivity index (χ2v) is 4.53. The minimum Gasteiger partial charge on any atom is -1.00 e. The number of halogens is 1. The van der Waals surface area contributed by atoms with E-state index >= 15 is 0 Å². The zero-order valence-electron chi connectivity index (χ0n) is 11.1. The maximum absolute atomic E-state index is 3.74. The summed E-state index contributed by atoms with van der Waals surface area (Å²) in [5.41, 5.74) is 2.83. The lowest BCUT2D eigenvalue weighted by atomic mass is 10.1. The van der Waals surface area contributed by atoms with Crippen molar-refractivity contribution in [3.8, 4) is 0 Å². The first-order valence-corrected chi connectivity index (χ1v) is 6.51. The van der Waals surface area contributed by atoms with E-state index in [0.717, 1.165) is 19.4 Å². The van der Waals surface area contributed by atoms with E-state index in [4.69, 9.17) is 0 Å². The van der Waals surface area contributed by atoms with Crippen molar-refractivity contribution in [2.45, 2.75) is 25.8 Å². The van der Waals surface area contributed by atoms with E-state index in [-0.39, 0.29) is 12.4 Å². The van der Waals surface area contributed by atoms with E-state index in [1.807, 2.05) is 6.08 Å². The molecular weight excluding hydrogens is 254 g/mol. The van der Waals surface area contributed by atoms with E-state index < -0.39 is 0 Å². The fraction of sp³-hybridized carbons (Fsp3) is 0.235. The predicted molar refractivity (Wildman–Crippen MR) is 75.3 cm³/mol. The van der Waals surface area contributed by atoms with Crippen molar-refractivity contribution in [2.75, 3.05) is 0 Å². The van der Waals surface area contributed by atoms with Gasteiger partial charge in [0.05, 0.1) is 0 Å². The zero-order valence-corrected chi connectivity index (χ0v) is 11.9. The monoisotopic (exact) mass is 273 g/mol. The highest BCUT2D eigenvalue weighted by molar-refractivity contribution is 5.15. The largest absolute Gasteiger partial charge is 1.00 e. The van der Waals surface area contributed by atoms with Gasteiger partial charge >= 0.3 is 0 Å². The Kier molecular flexibility index (Phi) is 6.91. The van der Waals surface area contributed by atoms with Crippen LogP contribution >= 0.6 is 0 Å². The lowest BCUT2D eigenvalue weighted by Gasteiger charge is -2.01. The molecule has 100 valence electrons. The second-order valence-electron chi connectivity index (χ2n) is 4.53. The van der Waals surface area contributed by atoms with Gasteiger partial charge in [-0.15, -0.1) is 0 Å². The van der Waals surface area contributed by atoms with Crippen molar-refractivity contribution in [3.05, 3.63) is 78.6 Å². The molecule has 2 rings (SSSR count). The van der Waals surface area contributed by atoms with Crippen molar-refractivity contribution in [1.29, 1.82) is 0 Å². The number of allylic oxidation sites excluding steroid dienone is 1. The number of aryl methyl sites for hydroxylation is 2. The van der Waals surface area contributed by atoms with Crippen LogP contribution in [-0.4, -0.2) is 0 Å². The summed E-state index contributed by atoms with van der Waals surface area (Å²) in [7, 11) is 0. The van der Waals surface area contributed by atoms with Gasteiger partial charge < -0.3 is 12.4 Å². The number of rotatable bonds is 6. The summed E-state index contributed by atoms with van der Waals surface area (Å²) in [6.45, 7) is 4.62. The molecule has 2 aromatic rings. The van der Waals surface area contributed by atoms with Crippen molar-refractivity contribution in [2.24, 2.45) is 0 Å². The Labute approximate surface area is 122 Å². The van der Waals surface area contributed by atoms with Gasteiger partial charge in [-0.25, -0.2) is 4.57 Å². The van der Waals surface area contributed by atoms with Crippen LogP contribution in [0.1, 0.15) is 17.5 Å². The number of benzene rings is 1. The lowest BCUT2D eigenvalue weighted by molar-refractivity contribution is -0.687. The van der Waals surface area contributed by atoms with E-state index in [0.29, 0.717) is 0 Å². The van der Waals surface area contributed by atoms with E-state index in [1.54, 1.807) is 0 Å². The highest BCUT2D eigenvalue weighted by Crippen LogP contribution is 2.06. The van der Waals surface area contributed by atoms with Gasteiger partial charge in [-0.1, -0.05) is 36.9 Å². The van der Waals surface area contributed by atoms with Crippen LogP contribution in [0.4, 0.5) is 0 Å². The number of pyridine rings is 1. The molecule has 0 aliphatic rings. The van der Waals surface area contributed by atoms with Crippen molar-refractivity contribution in [1.82, 2.24) is 0 Å². The van der Waals surface area contributed by atoms with Crippen LogP contribution < -0.4 is 17.0 Å². The Bertz CT molecular complexity index is 476. The fourth-order valence-corrected chi connectivity index (χ4v) is 2.07. The van der Waals surface area contributed by atoms with Crippen LogP contribution in [0.3, 0.4) is 0 Å². The van der Waals surface area contributed by atoms with Crippen LogP contribution in [0, 0.1) is 0 Å². The van der Waals surface area contributed by atoms with Gasteiger partial charge in [0.2, 0.25) is 0 Å². The summed E-state index contributed by atoms with van der Waals surface area (Å²) in [5.74, 6) is 0. The molecular formula is C17H20ClN. The van der Waals surface area contributed by atoms with Gasteiger partial charge in [-0.05, 0) is 36.5 Å². The maximum atomic E-state index is 3.74. The molecule has 0 fully saturated rings. The van der Waals surface area contributed by atoms with E-state index in [1.165, 1.54) is 17.5 Å². The molecule has 0 aliphatic carbocycles. The molecule has 1 aromatic heterocycles. The van der Waals surface area contributed by atoms with Gasteiger partial charge in [0.15, 0.2) is 18.9 Å². The van der Waals surface area contributed by atoms with Gasteiger partial charge in [-0.2, -0.15) is 0 Å². The molecule has 0 amide bonds. The number of aromatic nitrogens is 1. The number of hydrogen-bond donors (Lipinski definition) is 0. The quantitative estimate of drug-likeness (QED) is 0.528. The van der Waals surface area contributed by atoms with Crippen LogP contribution in [0.5, 0.6) is 0 Å². The average Bonchev–Trinajstić information content (AvgIpc) is 2.42. The highest BCUT2D eigenvalue weighted by atomic mass is 35.5. The Morgan fingerprint density at radius 1 is 0.895 bits per heavy atom. The lowest BCUT2D eigenvalue weighted by Crippen LogP contribution is -3.00. The molecule has 0 unspecified atom stereocenters. The third-order valence-electron chi connectivity index (χ3n) is 3.07. The summed E-state index contributed by atoms with van der Waals surface area (Å²) in [6, 6.07) is 15.1. The molecule has 0 aliphatic heterocycles. The molecule has 0 N–H and O–H groups in total. The molecule has 0 saturated heterocycles. The molecule has 2 heteroatoms. The molecule has 1 nitrogen and oxygen atoms in total. The van der Waals surface area contributed by atoms with Crippen LogP contribution in [-0.2, 0) is 19.4 Å². The number of hydrogen-bond acceptors (Lipinski definition) is 0. The van der Waals surface area contributed by atoms with Gasteiger partial charge in [0.25, 0.3) is 0 Å². The Balaban J connectivity index is 0.00000180. The molecule has 0 radical (unpaired) electrons. The SMILES string of the molecule is C=CC[n+]1ccc(CCCc2ccccc2)cc1.[Cl-]. The molecule has 0 spiro atoms. The first-order valence-electron chi connectivity index (χ1n) is 6.51. The molecule has 1 heterocycles. The number of nitrogens with zero attached hydrogens (tertiary/aromatic N) is 1. The second kappa shape index (κ2) is 8.49. The smallest absolute Gasteiger partial charge is 0.169 e. The Morgan fingerprint density at radius 2 is 1.47 bits per heavy atom. The van der Waals surface area contributed by atoms with Crippen LogP contribution in [0.25, 0.3) is 0 Å². The highest BCUT2D eigenvalue weighted by Gasteiger charge is 1.99. The summed E-state index contributed by atoms with van der Waals surface area (Å²) in [4.78, 5) is 0. The Morgan fingerprint density at radius 3 is 2.05 bits per heavy atom. The van der Waals surface area contributed by atoms with Crippen molar-refractivity contribution >= 4 is 0 Å². The van der Waals surface area contributed by atoms with Gasteiger partial charge in [-0.3, -0.25) is 0 Å². The summed E-state index contributed by atoms with van der Waals surface area (Å²) in [6.07, 6.45) is 9.66. The third-order valence-corrected chi connectivity index (χ3v) is 3.07. The first-order chi connectivity index (χ1) is 8.88. The summed E-state index contributed by atoms with van der Waals surface area (Å²) < 4.78 is 2.13. The standard InChI is InChI=1S/C17H20N.ClH/c1-2-13-18-14-11-17(12-15-18)10-6-9-16-7-4-3-5-8-16;/h2-5,7-8,11-12,14-15H,1,6,9-10,13H2;1H/q+1;/p-1. The van der Waals surface area contributed by atoms with Crippen molar-refractivity contribution < 1.29 is 17.0 Å². The molecule has 0 saturated carbocycles. The zero-order chi connectivity index (χ0) is 12.6. The topological polar surface area (TPSA) is 3.88 Å². The maximum Gasteiger partial charge on any atom is 0.169 e. The molecule has 0 atom stereocenters. The Hall–Kier alpha value is -1.60. The summed E-state index contributed by atoms with van der Waals surface area (Å²) in [5, 5.41) is 0. The molecule has 1 aromatic carbocycles. The van der Waals surface area contributed by atoms with Crippen molar-refractivity contribution in [3.63, 3.8) is 0 Å². The van der Waals surface area contributed by atoms with Crippen LogP contribution in [0.2, 0.25) is 0 Å². The normalized spacial score (nSPS) is 9.68. The summed E-state index contributed by atoms with van der Waals surface area (Å²) >= 11 is 0. The van der Waals surface area contributed by atoms with E-state index in [2.05, 4.69) is 66.0 Å². The fourth-order valence-electron chi connectivity index (χ4n) is 2.07. The van der Waals surface area contributed by atoms with Gasteiger partial charge in [0.1, 0.15) is 0 Å². The van der Waals surface area contributed by atoms with Gasteiger partial charge in [0, 0.05) is 12.1 Å². The predicted octanol–water partition coefficient (Wildman–Crippen LogP) is 0.339. The van der Waals surface area contributed by atoms with Crippen LogP contribution in [0.15, 0.2) is 67.5 Å². The van der Waals surface area contributed by atoms with E-state index in [9.17, 15) is 0 Å². The minimum absolute atomic E-state index is 0. The minimum atomic E-state index is 0. The average molecular weight is 274 g/mol. The first kappa shape index (κ1) is 15.5. The molecule has 19 heavy (non-hydrogen) atoms. The molecule has 0 bridgehead atoms.